The highest BCUT2D eigenvalue weighted by Gasteiger charge is 2.40. The number of nitrogens with zero attached hydrogens (tertiary/aromatic N) is 3. The van der Waals surface area contributed by atoms with Gasteiger partial charge in [-0.05, 0) is 37.3 Å². The highest BCUT2D eigenvalue weighted by molar-refractivity contribution is 7.59. The number of aromatic nitrogens is 2. The van der Waals surface area contributed by atoms with E-state index in [4.69, 9.17) is 4.74 Å². The molecule has 2 atom stereocenters. The van der Waals surface area contributed by atoms with Crippen molar-refractivity contribution in [1.29, 1.82) is 0 Å². The molecule has 0 radical (unpaired) electrons. The van der Waals surface area contributed by atoms with E-state index < -0.39 is 30.3 Å². The number of hydrogen-bond acceptors (Lipinski definition) is 6. The van der Waals surface area contributed by atoms with Crippen LogP contribution in [0.15, 0.2) is 29.1 Å². The van der Waals surface area contributed by atoms with Crippen molar-refractivity contribution in [3.05, 3.63) is 51.7 Å². The monoisotopic (exact) mass is 504 g/mol. The Hall–Kier alpha value is -2.68. The number of hydrogen-bond donors (Lipinski definition) is 3. The van der Waals surface area contributed by atoms with Crippen molar-refractivity contribution in [1.82, 2.24) is 14.9 Å². The maximum atomic E-state index is 13.1. The maximum Gasteiger partial charge on any atom is 0.296 e. The van der Waals surface area contributed by atoms with Crippen LogP contribution in [-0.4, -0.2) is 44.8 Å². The predicted octanol–water partition coefficient (Wildman–Crippen LogP) is 3.10. The van der Waals surface area contributed by atoms with Gasteiger partial charge in [0.2, 0.25) is 5.75 Å². The summed E-state index contributed by atoms with van der Waals surface area (Å²) in [5.74, 6) is -1.04. The Morgan fingerprint density at radius 3 is 2.74 bits per heavy atom. The number of benzene rings is 1. The van der Waals surface area contributed by atoms with Gasteiger partial charge < -0.3 is 24.7 Å². The van der Waals surface area contributed by atoms with Gasteiger partial charge in [-0.15, -0.1) is 0 Å². The average molecular weight is 505 g/mol. The third-order valence-electron chi connectivity index (χ3n) is 6.84. The minimum atomic E-state index is -3.49. The van der Waals surface area contributed by atoms with Gasteiger partial charge in [0.1, 0.15) is 11.4 Å². The van der Waals surface area contributed by atoms with E-state index in [1.807, 2.05) is 13.8 Å². The highest BCUT2D eigenvalue weighted by Crippen LogP contribution is 2.52. The third kappa shape index (κ3) is 4.75. The Morgan fingerprint density at radius 2 is 2.03 bits per heavy atom. The molecule has 3 heterocycles. The summed E-state index contributed by atoms with van der Waals surface area (Å²) in [5.41, 5.74) is -0.556. The number of rotatable bonds is 7. The lowest BCUT2D eigenvalue weighted by Crippen LogP contribution is -2.45. The summed E-state index contributed by atoms with van der Waals surface area (Å²) in [7, 11) is -3.49. The number of amides is 1. The fourth-order valence-electron chi connectivity index (χ4n) is 5.00. The Bertz CT molecular complexity index is 1210. The van der Waals surface area contributed by atoms with Gasteiger partial charge in [-0.2, -0.15) is 0 Å². The average Bonchev–Trinajstić information content (AvgIpc) is 2.85. The molecular weight excluding hydrogens is 471 g/mol. The van der Waals surface area contributed by atoms with Crippen molar-refractivity contribution < 1.29 is 24.1 Å². The molecule has 3 N–H and O–H groups in total. The molecule has 1 amide bonds. The van der Waals surface area contributed by atoms with Crippen molar-refractivity contribution in [3.8, 4) is 5.75 Å². The van der Waals surface area contributed by atoms with E-state index >= 15 is 0 Å². The Balaban J connectivity index is 1.63. The quantitative estimate of drug-likeness (QED) is 0.490. The number of fused-ring (bicyclic) bond motifs is 1. The van der Waals surface area contributed by atoms with Gasteiger partial charge >= 0.3 is 0 Å². The summed E-state index contributed by atoms with van der Waals surface area (Å²) < 4.78 is 21.7. The van der Waals surface area contributed by atoms with Gasteiger partial charge in [0.15, 0.2) is 5.69 Å². The lowest BCUT2D eigenvalue weighted by molar-refractivity contribution is -0.0924. The molecule has 2 unspecified atom stereocenters. The first-order valence-electron chi connectivity index (χ1n) is 12.2. The smallest absolute Gasteiger partial charge is 0.296 e. The molecule has 1 fully saturated rings. The molecule has 11 heteroatoms. The number of anilines is 1. The zero-order valence-electron chi connectivity index (χ0n) is 20.2. The maximum absolute atomic E-state index is 13.1. The molecular formula is C24H33N4O6P. The second kappa shape index (κ2) is 10.1. The van der Waals surface area contributed by atoms with Crippen LogP contribution in [0, 0.1) is 0 Å². The molecule has 0 saturated carbocycles. The van der Waals surface area contributed by atoms with E-state index in [0.29, 0.717) is 49.5 Å². The van der Waals surface area contributed by atoms with Crippen LogP contribution < -0.4 is 15.5 Å². The molecule has 2 aliphatic rings. The molecule has 0 aliphatic carbocycles. The first-order chi connectivity index (χ1) is 16.7. The zero-order valence-corrected chi connectivity index (χ0v) is 21.1. The lowest BCUT2D eigenvalue weighted by Gasteiger charge is -2.38. The van der Waals surface area contributed by atoms with E-state index in [2.05, 4.69) is 10.3 Å². The number of carbonyl (C=O) groups is 1. The van der Waals surface area contributed by atoms with Crippen molar-refractivity contribution >= 4 is 19.1 Å². The van der Waals surface area contributed by atoms with Gasteiger partial charge in [0.05, 0.1) is 13.2 Å². The Labute approximate surface area is 204 Å². The molecule has 4 rings (SSSR count). The summed E-state index contributed by atoms with van der Waals surface area (Å²) in [5, 5.41) is 13.3. The number of aromatic hydroxyl groups is 1. The standard InChI is InChI=1S/C24H33N4O6P/c1-3-11-24(4-2)23-26-19(20(29)22(31)27(23)13-14-34-24)21(30)25-16-17-9-5-6-10-18(17)28-12-7-8-15-35(28,32)33/h5-6,9-10,29H,3-4,7-8,11-16H2,1-2H3,(H,25,30)(H,32,33). The van der Waals surface area contributed by atoms with Crippen molar-refractivity contribution in [2.75, 3.05) is 24.0 Å². The molecule has 1 saturated heterocycles. The first-order valence-corrected chi connectivity index (χ1v) is 14.0. The van der Waals surface area contributed by atoms with Gasteiger partial charge in [-0.25, -0.2) is 4.98 Å². The number of para-hydroxylation sites is 1. The molecule has 35 heavy (non-hydrogen) atoms. The Morgan fingerprint density at radius 1 is 1.26 bits per heavy atom. The van der Waals surface area contributed by atoms with Crippen LogP contribution in [0.3, 0.4) is 0 Å². The van der Waals surface area contributed by atoms with Crippen LogP contribution in [0.1, 0.15) is 67.8 Å². The van der Waals surface area contributed by atoms with Crippen LogP contribution in [0.25, 0.3) is 0 Å². The lowest BCUT2D eigenvalue weighted by atomic mass is 9.92. The van der Waals surface area contributed by atoms with E-state index in [0.717, 1.165) is 12.8 Å². The third-order valence-corrected chi connectivity index (χ3v) is 8.91. The van der Waals surface area contributed by atoms with Crippen LogP contribution in [-0.2, 0) is 28.0 Å². The molecule has 1 aromatic carbocycles. The van der Waals surface area contributed by atoms with E-state index in [9.17, 15) is 24.2 Å². The zero-order chi connectivity index (χ0) is 25.2. The number of nitrogens with one attached hydrogen (secondary N) is 1. The van der Waals surface area contributed by atoms with Crippen LogP contribution >= 0.6 is 7.52 Å². The fraction of sp³-hybridized carbons (Fsp3) is 0.542. The van der Waals surface area contributed by atoms with Crippen molar-refractivity contribution in [3.63, 3.8) is 0 Å². The molecule has 2 aromatic rings. The normalized spacial score (nSPS) is 24.1. The van der Waals surface area contributed by atoms with Crippen molar-refractivity contribution in [2.24, 2.45) is 0 Å². The summed E-state index contributed by atoms with van der Waals surface area (Å²) in [6.45, 7) is 5.04. The largest absolute Gasteiger partial charge is 0.501 e. The Kier molecular flexibility index (Phi) is 7.35. The van der Waals surface area contributed by atoms with Crippen LogP contribution in [0.2, 0.25) is 0 Å². The number of ether oxygens (including phenoxy) is 1. The summed E-state index contributed by atoms with van der Waals surface area (Å²) >= 11 is 0. The summed E-state index contributed by atoms with van der Waals surface area (Å²) in [6.07, 6.45) is 3.73. The molecule has 0 spiro atoms. The summed E-state index contributed by atoms with van der Waals surface area (Å²) in [6, 6.07) is 7.10. The van der Waals surface area contributed by atoms with Gasteiger partial charge in [0, 0.05) is 24.9 Å². The van der Waals surface area contributed by atoms with Gasteiger partial charge in [-0.1, -0.05) is 38.5 Å². The SMILES string of the molecule is CCCC1(CC)OCCn2c1nc(C(=O)NCc1ccccc1N1CCCCP1(=O)O)c(O)c2=O. The molecule has 0 bridgehead atoms. The second-order valence-corrected chi connectivity index (χ2v) is 11.3. The topological polar surface area (TPSA) is 134 Å². The van der Waals surface area contributed by atoms with Crippen LogP contribution in [0.4, 0.5) is 5.69 Å². The molecule has 2 aliphatic heterocycles. The minimum absolute atomic E-state index is 0.0371. The highest BCUT2D eigenvalue weighted by atomic mass is 31.2. The molecule has 10 nitrogen and oxygen atoms in total. The summed E-state index contributed by atoms with van der Waals surface area (Å²) in [4.78, 5) is 40.9. The van der Waals surface area contributed by atoms with Gasteiger partial charge in [0.25, 0.3) is 19.0 Å². The van der Waals surface area contributed by atoms with Crippen molar-refractivity contribution in [2.45, 2.75) is 64.6 Å². The second-order valence-electron chi connectivity index (χ2n) is 9.07. The van der Waals surface area contributed by atoms with Gasteiger partial charge in [-0.3, -0.25) is 18.7 Å². The molecule has 1 aromatic heterocycles. The van der Waals surface area contributed by atoms with E-state index in [1.54, 1.807) is 24.3 Å². The fourth-order valence-corrected chi connectivity index (χ4v) is 6.86. The molecule has 190 valence electrons. The van der Waals surface area contributed by atoms with E-state index in [1.165, 1.54) is 9.24 Å². The first kappa shape index (κ1) is 25.4. The predicted molar refractivity (Wildman–Crippen MR) is 132 cm³/mol. The van der Waals surface area contributed by atoms with E-state index in [-0.39, 0.29) is 24.9 Å². The van der Waals surface area contributed by atoms with Crippen LogP contribution in [0.5, 0.6) is 5.75 Å². The number of carbonyl (C=O) groups excluding carboxylic acids is 1. The minimum Gasteiger partial charge on any atom is -0.501 e.